The summed E-state index contributed by atoms with van der Waals surface area (Å²) in [5.41, 5.74) is 1.02. The Bertz CT molecular complexity index is 635. The molecule has 0 saturated carbocycles. The van der Waals surface area contributed by atoms with E-state index in [9.17, 15) is 8.42 Å². The van der Waals surface area contributed by atoms with Crippen LogP contribution in [-0.2, 0) is 19.5 Å². The molecule has 138 valence electrons. The molecule has 0 radical (unpaired) electrons. The second kappa shape index (κ2) is 8.95. The lowest BCUT2D eigenvalue weighted by molar-refractivity contribution is -0.111. The smallest absolute Gasteiger partial charge is 0.247 e. The predicted molar refractivity (Wildman–Crippen MR) is 96.6 cm³/mol. The van der Waals surface area contributed by atoms with Crippen LogP contribution < -0.4 is 10.5 Å². The Morgan fingerprint density at radius 2 is 2.29 bits per heavy atom. The van der Waals surface area contributed by atoms with Gasteiger partial charge < -0.3 is 14.8 Å². The van der Waals surface area contributed by atoms with Gasteiger partial charge in [0, 0.05) is 26.2 Å². The van der Waals surface area contributed by atoms with Gasteiger partial charge in [-0.2, -0.15) is 0 Å². The number of sulfonamides is 1. The molecule has 0 saturated heterocycles. The molecule has 7 nitrogen and oxygen atoms in total. The van der Waals surface area contributed by atoms with Gasteiger partial charge >= 0.3 is 0 Å². The maximum atomic E-state index is 11.6. The van der Waals surface area contributed by atoms with Gasteiger partial charge in [0.05, 0.1) is 10.8 Å². The van der Waals surface area contributed by atoms with Crippen molar-refractivity contribution < 1.29 is 17.9 Å². The summed E-state index contributed by atoms with van der Waals surface area (Å²) >= 11 is 2.83. The molecule has 0 aromatic carbocycles. The Balaban J connectivity index is 2.01. The molecule has 1 aliphatic heterocycles. The first-order chi connectivity index (χ1) is 11.3. The summed E-state index contributed by atoms with van der Waals surface area (Å²) in [5, 5.41) is 8.69. The number of nitrogens with zero attached hydrogens (tertiary/aromatic N) is 1. The zero-order valence-corrected chi connectivity index (χ0v) is 16.6. The van der Waals surface area contributed by atoms with Crippen molar-refractivity contribution in [1.29, 1.82) is 0 Å². The average Bonchev–Trinajstić information content (AvgIpc) is 2.96. The predicted octanol–water partition coefficient (Wildman–Crippen LogP) is 1.77. The first-order valence-corrected chi connectivity index (χ1v) is 11.0. The summed E-state index contributed by atoms with van der Waals surface area (Å²) in [6.07, 6.45) is 0.678. The van der Waals surface area contributed by atoms with Gasteiger partial charge in [0.1, 0.15) is 4.21 Å². The number of rotatable bonds is 9. The molecule has 0 spiro atoms. The maximum absolute atomic E-state index is 11.6. The normalized spacial score (nSPS) is 20.1. The van der Waals surface area contributed by atoms with E-state index in [2.05, 4.69) is 9.62 Å². The minimum Gasteiger partial charge on any atom is -0.356 e. The van der Waals surface area contributed by atoms with Crippen molar-refractivity contribution in [1.82, 2.24) is 9.62 Å². The van der Waals surface area contributed by atoms with Gasteiger partial charge in [-0.05, 0) is 43.5 Å². The van der Waals surface area contributed by atoms with Crippen LogP contribution in [0.4, 0.5) is 0 Å². The molecule has 2 heterocycles. The highest BCUT2D eigenvalue weighted by Crippen LogP contribution is 2.43. The van der Waals surface area contributed by atoms with Crippen molar-refractivity contribution in [2.24, 2.45) is 5.14 Å². The van der Waals surface area contributed by atoms with Crippen molar-refractivity contribution >= 4 is 33.3 Å². The van der Waals surface area contributed by atoms with Crippen LogP contribution in [0.5, 0.6) is 0 Å². The highest BCUT2D eigenvalue weighted by Gasteiger charge is 2.29. The minimum absolute atomic E-state index is 0.108. The molecule has 1 unspecified atom stereocenters. The van der Waals surface area contributed by atoms with Gasteiger partial charge in [0.15, 0.2) is 6.29 Å². The molecule has 2 atom stereocenters. The summed E-state index contributed by atoms with van der Waals surface area (Å²) < 4.78 is 37.2. The van der Waals surface area contributed by atoms with Crippen LogP contribution in [0.2, 0.25) is 0 Å². The third-order valence-electron chi connectivity index (χ3n) is 3.64. The lowest BCUT2D eigenvalue weighted by Crippen LogP contribution is -2.35. The number of likely N-dealkylation sites (N-methyl/N-ethyl adjacent to an activating group) is 1. The van der Waals surface area contributed by atoms with Crippen molar-refractivity contribution in [2.75, 3.05) is 33.4 Å². The molecular formula is C14H25N3O4S3. The summed E-state index contributed by atoms with van der Waals surface area (Å²) in [6.45, 7) is 7.01. The second-order valence-electron chi connectivity index (χ2n) is 5.47. The lowest BCUT2D eigenvalue weighted by Gasteiger charge is -2.32. The monoisotopic (exact) mass is 395 g/mol. The molecule has 1 aromatic heterocycles. The second-order valence-corrected chi connectivity index (χ2v) is 9.68. The fraction of sp³-hybridized carbons (Fsp3) is 0.714. The fourth-order valence-electron chi connectivity index (χ4n) is 2.39. The standard InChI is InChI=1S/C14H25N3O4S3/c1-4-16-12-9-17(6-5-7-21-10(2)20-3)23-14-11(12)8-13(22-14)24(15,18)19/h8,10,12,16H,4-7,9H2,1-3H3,(H2,15,18,19)/t10?,12-/m0/s1. The largest absolute Gasteiger partial charge is 0.356 e. The summed E-state index contributed by atoms with van der Waals surface area (Å²) in [7, 11) is -2.04. The number of nitrogens with two attached hydrogens (primary N) is 1. The number of ether oxygens (including phenoxy) is 2. The first-order valence-electron chi connectivity index (χ1n) is 7.82. The third kappa shape index (κ3) is 5.40. The van der Waals surface area contributed by atoms with Gasteiger partial charge in [-0.25, -0.2) is 17.9 Å². The summed E-state index contributed by atoms with van der Waals surface area (Å²) in [5.74, 6) is 0. The van der Waals surface area contributed by atoms with Crippen molar-refractivity contribution in [3.05, 3.63) is 11.6 Å². The Labute approximate surface area is 152 Å². The maximum Gasteiger partial charge on any atom is 0.247 e. The molecule has 24 heavy (non-hydrogen) atoms. The number of hydrogen-bond acceptors (Lipinski definition) is 8. The zero-order valence-electron chi connectivity index (χ0n) is 14.1. The van der Waals surface area contributed by atoms with Gasteiger partial charge in [-0.3, -0.25) is 0 Å². The number of hydrogen-bond donors (Lipinski definition) is 2. The SMILES string of the molecule is CCN[C@H]1CN(CCCOC(C)OC)Sc2sc(S(N)(=O)=O)cc21. The lowest BCUT2D eigenvalue weighted by atomic mass is 10.1. The van der Waals surface area contributed by atoms with Crippen LogP contribution in [0, 0.1) is 0 Å². The van der Waals surface area contributed by atoms with Crippen LogP contribution >= 0.6 is 23.3 Å². The Hall–Kier alpha value is -0.200. The number of methoxy groups -OCH3 is 1. The highest BCUT2D eigenvalue weighted by atomic mass is 32.3. The average molecular weight is 396 g/mol. The molecule has 10 heteroatoms. The minimum atomic E-state index is -3.66. The molecule has 0 aliphatic carbocycles. The van der Waals surface area contributed by atoms with Crippen LogP contribution in [0.1, 0.15) is 31.9 Å². The van der Waals surface area contributed by atoms with E-state index in [-0.39, 0.29) is 16.5 Å². The summed E-state index contributed by atoms with van der Waals surface area (Å²) in [6, 6.07) is 1.81. The molecule has 0 amide bonds. The van der Waals surface area contributed by atoms with E-state index in [1.807, 2.05) is 13.8 Å². The molecular weight excluding hydrogens is 370 g/mol. The quantitative estimate of drug-likeness (QED) is 0.374. The van der Waals surface area contributed by atoms with Crippen LogP contribution in [-0.4, -0.2) is 52.4 Å². The molecule has 3 N–H and O–H groups in total. The van der Waals surface area contributed by atoms with E-state index in [4.69, 9.17) is 14.6 Å². The van der Waals surface area contributed by atoms with E-state index in [1.165, 1.54) is 11.3 Å². The van der Waals surface area contributed by atoms with E-state index in [0.29, 0.717) is 6.61 Å². The van der Waals surface area contributed by atoms with E-state index >= 15 is 0 Å². The topological polar surface area (TPSA) is 93.9 Å². The number of thiophene rings is 1. The molecule has 0 fully saturated rings. The molecule has 0 bridgehead atoms. The highest BCUT2D eigenvalue weighted by molar-refractivity contribution is 7.99. The van der Waals surface area contributed by atoms with Crippen LogP contribution in [0.25, 0.3) is 0 Å². The fourth-order valence-corrected chi connectivity index (χ4v) is 5.96. The Kier molecular flexibility index (Phi) is 7.50. The van der Waals surface area contributed by atoms with Gasteiger partial charge in [-0.15, -0.1) is 11.3 Å². The number of fused-ring (bicyclic) bond motifs is 1. The molecule has 2 rings (SSSR count). The third-order valence-corrected chi connectivity index (χ3v) is 7.47. The van der Waals surface area contributed by atoms with Crippen molar-refractivity contribution in [2.45, 2.75) is 41.0 Å². The van der Waals surface area contributed by atoms with Crippen molar-refractivity contribution in [3.8, 4) is 0 Å². The van der Waals surface area contributed by atoms with Crippen LogP contribution in [0.15, 0.2) is 14.5 Å². The zero-order chi connectivity index (χ0) is 17.7. The van der Waals surface area contributed by atoms with E-state index < -0.39 is 10.0 Å². The number of primary sulfonamides is 1. The molecule has 1 aliphatic rings. The van der Waals surface area contributed by atoms with Gasteiger partial charge in [-0.1, -0.05) is 6.92 Å². The Morgan fingerprint density at radius 1 is 1.54 bits per heavy atom. The van der Waals surface area contributed by atoms with Crippen LogP contribution in [0.3, 0.4) is 0 Å². The summed E-state index contributed by atoms with van der Waals surface area (Å²) in [4.78, 5) is 0. The molecule has 1 aromatic rings. The Morgan fingerprint density at radius 3 is 2.92 bits per heavy atom. The first kappa shape index (κ1) is 20.1. The van der Waals surface area contributed by atoms with Crippen molar-refractivity contribution in [3.63, 3.8) is 0 Å². The van der Waals surface area contributed by atoms with E-state index in [1.54, 1.807) is 25.1 Å². The number of nitrogens with one attached hydrogen (secondary N) is 1. The van der Waals surface area contributed by atoms with Gasteiger partial charge in [0.2, 0.25) is 10.0 Å². The van der Waals surface area contributed by atoms with E-state index in [0.717, 1.165) is 35.8 Å². The van der Waals surface area contributed by atoms with Gasteiger partial charge in [0.25, 0.3) is 0 Å².